The first-order valence-electron chi connectivity index (χ1n) is 8.37. The van der Waals surface area contributed by atoms with Crippen molar-refractivity contribution >= 4 is 51.2 Å². The van der Waals surface area contributed by atoms with E-state index in [9.17, 15) is 4.79 Å². The van der Waals surface area contributed by atoms with Gasteiger partial charge in [-0.05, 0) is 43.3 Å². The number of amides is 1. The summed E-state index contributed by atoms with van der Waals surface area (Å²) in [6.07, 6.45) is 0. The molecule has 2 N–H and O–H groups in total. The zero-order valence-corrected chi connectivity index (χ0v) is 17.0. The highest BCUT2D eigenvalue weighted by Gasteiger charge is 2.09. The number of nitrogens with zero attached hydrogens (tertiary/aromatic N) is 3. The quantitative estimate of drug-likeness (QED) is 0.574. The van der Waals surface area contributed by atoms with Gasteiger partial charge >= 0.3 is 0 Å². The van der Waals surface area contributed by atoms with Crippen LogP contribution in [0.15, 0.2) is 52.9 Å². The highest BCUT2D eigenvalue weighted by molar-refractivity contribution is 8.01. The van der Waals surface area contributed by atoms with Crippen molar-refractivity contribution in [1.29, 1.82) is 0 Å². The SMILES string of the molecule is Cc1ccc(Nc2nnc(SCC(=O)Nc3ccc(N(C)C)cc3)s2)cc1. The van der Waals surface area contributed by atoms with Gasteiger partial charge in [0.15, 0.2) is 4.34 Å². The van der Waals surface area contributed by atoms with Crippen LogP contribution in [-0.2, 0) is 4.79 Å². The summed E-state index contributed by atoms with van der Waals surface area (Å²) in [4.78, 5) is 14.1. The van der Waals surface area contributed by atoms with Gasteiger partial charge in [0.1, 0.15) is 0 Å². The maximum Gasteiger partial charge on any atom is 0.234 e. The fourth-order valence-electron chi connectivity index (χ4n) is 2.25. The highest BCUT2D eigenvalue weighted by Crippen LogP contribution is 2.28. The van der Waals surface area contributed by atoms with E-state index in [4.69, 9.17) is 0 Å². The third-order valence-electron chi connectivity index (χ3n) is 3.70. The number of hydrogen-bond donors (Lipinski definition) is 2. The summed E-state index contributed by atoms with van der Waals surface area (Å²) in [5.41, 5.74) is 4.04. The van der Waals surface area contributed by atoms with Crippen molar-refractivity contribution in [1.82, 2.24) is 10.2 Å². The number of nitrogens with one attached hydrogen (secondary N) is 2. The zero-order chi connectivity index (χ0) is 19.2. The predicted molar refractivity (Wildman–Crippen MR) is 114 cm³/mol. The van der Waals surface area contributed by atoms with Crippen LogP contribution in [0.4, 0.5) is 22.2 Å². The molecular weight excluding hydrogens is 378 g/mol. The Hall–Kier alpha value is -2.58. The molecule has 0 aliphatic heterocycles. The number of aryl methyl sites for hydroxylation is 1. The molecule has 0 radical (unpaired) electrons. The van der Waals surface area contributed by atoms with E-state index in [-0.39, 0.29) is 11.7 Å². The van der Waals surface area contributed by atoms with E-state index in [1.54, 1.807) is 0 Å². The zero-order valence-electron chi connectivity index (χ0n) is 15.4. The Morgan fingerprint density at radius 3 is 2.37 bits per heavy atom. The second-order valence-electron chi connectivity index (χ2n) is 6.14. The first-order valence-corrected chi connectivity index (χ1v) is 10.2. The average Bonchev–Trinajstić information content (AvgIpc) is 3.10. The van der Waals surface area contributed by atoms with Crippen LogP contribution in [0.1, 0.15) is 5.56 Å². The lowest BCUT2D eigenvalue weighted by molar-refractivity contribution is -0.113. The van der Waals surface area contributed by atoms with Crippen molar-refractivity contribution in [3.05, 3.63) is 54.1 Å². The van der Waals surface area contributed by atoms with Gasteiger partial charge in [-0.2, -0.15) is 0 Å². The van der Waals surface area contributed by atoms with Crippen molar-refractivity contribution in [2.45, 2.75) is 11.3 Å². The van der Waals surface area contributed by atoms with Crippen LogP contribution in [0.25, 0.3) is 0 Å². The third kappa shape index (κ3) is 5.70. The number of carbonyl (C=O) groups excluding carboxylic acids is 1. The van der Waals surface area contributed by atoms with Crippen molar-refractivity contribution in [3.63, 3.8) is 0 Å². The Balaban J connectivity index is 1.49. The summed E-state index contributed by atoms with van der Waals surface area (Å²) in [5, 5.41) is 15.1. The average molecular weight is 400 g/mol. The molecule has 0 atom stereocenters. The maximum absolute atomic E-state index is 12.1. The molecule has 0 bridgehead atoms. The number of carbonyl (C=O) groups is 1. The molecule has 0 unspecified atom stereocenters. The van der Waals surface area contributed by atoms with E-state index in [1.165, 1.54) is 28.7 Å². The molecule has 8 heteroatoms. The molecule has 0 aliphatic rings. The lowest BCUT2D eigenvalue weighted by Crippen LogP contribution is -2.14. The van der Waals surface area contributed by atoms with Crippen molar-refractivity contribution in [3.8, 4) is 0 Å². The molecule has 0 spiro atoms. The van der Waals surface area contributed by atoms with Crippen LogP contribution >= 0.6 is 23.1 Å². The van der Waals surface area contributed by atoms with Crippen molar-refractivity contribution < 1.29 is 4.79 Å². The minimum atomic E-state index is -0.0687. The Morgan fingerprint density at radius 1 is 1.04 bits per heavy atom. The number of thioether (sulfide) groups is 1. The number of anilines is 4. The van der Waals surface area contributed by atoms with Crippen molar-refractivity contribution in [2.75, 3.05) is 35.4 Å². The molecule has 6 nitrogen and oxygen atoms in total. The molecule has 27 heavy (non-hydrogen) atoms. The van der Waals surface area contributed by atoms with Gasteiger partial charge in [0.05, 0.1) is 5.75 Å². The molecule has 3 aromatic rings. The minimum Gasteiger partial charge on any atom is -0.378 e. The van der Waals surface area contributed by atoms with Crippen LogP contribution in [0.3, 0.4) is 0 Å². The monoisotopic (exact) mass is 399 g/mol. The molecule has 140 valence electrons. The summed E-state index contributed by atoms with van der Waals surface area (Å²) in [6, 6.07) is 15.8. The van der Waals surface area contributed by atoms with Gasteiger partial charge < -0.3 is 15.5 Å². The van der Waals surface area contributed by atoms with Crippen LogP contribution in [0, 0.1) is 6.92 Å². The standard InChI is InChI=1S/C19H21N5OS2/c1-13-4-6-15(7-5-13)21-18-22-23-19(27-18)26-12-17(25)20-14-8-10-16(11-9-14)24(2)3/h4-11H,12H2,1-3H3,(H,20,25)(H,21,22). The summed E-state index contributed by atoms with van der Waals surface area (Å²) in [5.74, 6) is 0.218. The second kappa shape index (κ2) is 8.88. The van der Waals surface area contributed by atoms with Gasteiger partial charge in [-0.25, -0.2) is 0 Å². The number of benzene rings is 2. The van der Waals surface area contributed by atoms with E-state index in [1.807, 2.05) is 74.4 Å². The molecule has 3 rings (SSSR count). The van der Waals surface area contributed by atoms with Crippen molar-refractivity contribution in [2.24, 2.45) is 0 Å². The molecular formula is C19H21N5OS2. The van der Waals surface area contributed by atoms with Crippen LogP contribution in [0.2, 0.25) is 0 Å². The van der Waals surface area contributed by atoms with Gasteiger partial charge in [0.2, 0.25) is 11.0 Å². The van der Waals surface area contributed by atoms with Crippen LogP contribution < -0.4 is 15.5 Å². The van der Waals surface area contributed by atoms with Gasteiger partial charge in [0.25, 0.3) is 0 Å². The fraction of sp³-hybridized carbons (Fsp3) is 0.211. The second-order valence-corrected chi connectivity index (χ2v) is 8.34. The number of aromatic nitrogens is 2. The number of hydrogen-bond acceptors (Lipinski definition) is 7. The van der Waals surface area contributed by atoms with E-state index in [2.05, 4.69) is 20.8 Å². The molecule has 1 amide bonds. The fourth-order valence-corrected chi connectivity index (χ4v) is 3.82. The summed E-state index contributed by atoms with van der Waals surface area (Å²) < 4.78 is 0.753. The molecule has 1 heterocycles. The Kier molecular flexibility index (Phi) is 6.31. The summed E-state index contributed by atoms with van der Waals surface area (Å²) in [6.45, 7) is 2.05. The van der Waals surface area contributed by atoms with Gasteiger partial charge in [-0.3, -0.25) is 4.79 Å². The molecule has 2 aromatic carbocycles. The lowest BCUT2D eigenvalue weighted by atomic mass is 10.2. The number of rotatable bonds is 7. The van der Waals surface area contributed by atoms with Crippen LogP contribution in [-0.4, -0.2) is 36.0 Å². The van der Waals surface area contributed by atoms with E-state index in [0.717, 1.165) is 21.4 Å². The first kappa shape index (κ1) is 19.2. The molecule has 0 saturated heterocycles. The van der Waals surface area contributed by atoms with Gasteiger partial charge in [-0.1, -0.05) is 40.8 Å². The van der Waals surface area contributed by atoms with Gasteiger partial charge in [-0.15, -0.1) is 10.2 Å². The highest BCUT2D eigenvalue weighted by atomic mass is 32.2. The molecule has 0 saturated carbocycles. The molecule has 0 aliphatic carbocycles. The lowest BCUT2D eigenvalue weighted by Gasteiger charge is -2.12. The van der Waals surface area contributed by atoms with Gasteiger partial charge in [0, 0.05) is 31.2 Å². The van der Waals surface area contributed by atoms with E-state index < -0.39 is 0 Å². The smallest absolute Gasteiger partial charge is 0.234 e. The van der Waals surface area contributed by atoms with E-state index >= 15 is 0 Å². The first-order chi connectivity index (χ1) is 13.0. The Bertz CT molecular complexity index is 891. The molecule has 0 fully saturated rings. The van der Waals surface area contributed by atoms with Crippen LogP contribution in [0.5, 0.6) is 0 Å². The minimum absolute atomic E-state index is 0.0687. The Labute approximate surface area is 167 Å². The normalized spacial score (nSPS) is 10.5. The van der Waals surface area contributed by atoms with E-state index in [0.29, 0.717) is 5.13 Å². The topological polar surface area (TPSA) is 70.1 Å². The predicted octanol–water partition coefficient (Wildman–Crippen LogP) is 4.39. The molecule has 1 aromatic heterocycles. The largest absolute Gasteiger partial charge is 0.378 e. The summed E-state index contributed by atoms with van der Waals surface area (Å²) >= 11 is 2.80. The summed E-state index contributed by atoms with van der Waals surface area (Å²) in [7, 11) is 3.96. The maximum atomic E-state index is 12.1. The third-order valence-corrected chi connectivity index (χ3v) is 5.68. The Morgan fingerprint density at radius 2 is 1.70 bits per heavy atom.